The van der Waals surface area contributed by atoms with Crippen LogP contribution in [-0.2, 0) is 12.8 Å². The van der Waals surface area contributed by atoms with Crippen molar-refractivity contribution in [3.8, 4) is 11.1 Å². The Kier molecular flexibility index (Phi) is 6.86. The number of benzene rings is 3. The fourth-order valence-electron chi connectivity index (χ4n) is 4.50. The van der Waals surface area contributed by atoms with Gasteiger partial charge in [0.25, 0.3) is 0 Å². The molecule has 1 fully saturated rings. The highest BCUT2D eigenvalue weighted by Crippen LogP contribution is 2.27. The molecule has 0 aromatic heterocycles. The minimum atomic E-state index is 0.957. The van der Waals surface area contributed by atoms with Gasteiger partial charge in [-0.05, 0) is 91.0 Å². The second-order valence-electron chi connectivity index (χ2n) is 8.79. The van der Waals surface area contributed by atoms with Gasteiger partial charge in [0.05, 0.1) is 12.0 Å². The molecule has 1 saturated heterocycles. The summed E-state index contributed by atoms with van der Waals surface area (Å²) in [6.07, 6.45) is 7.98. The summed E-state index contributed by atoms with van der Waals surface area (Å²) in [7, 11) is 0. The van der Waals surface area contributed by atoms with E-state index in [-0.39, 0.29) is 0 Å². The Balaban J connectivity index is 1.49. The molecule has 31 heavy (non-hydrogen) atoms. The Morgan fingerprint density at radius 2 is 1.58 bits per heavy atom. The highest BCUT2D eigenvalue weighted by Gasteiger charge is 2.09. The smallest absolute Gasteiger partial charge is 0.0912 e. The molecule has 160 valence electrons. The third-order valence-corrected chi connectivity index (χ3v) is 6.46. The monoisotopic (exact) mass is 410 g/mol. The zero-order chi connectivity index (χ0) is 21.6. The van der Waals surface area contributed by atoms with Gasteiger partial charge in [0.2, 0.25) is 0 Å². The van der Waals surface area contributed by atoms with Gasteiger partial charge in [-0.2, -0.15) is 0 Å². The van der Waals surface area contributed by atoms with E-state index in [4.69, 9.17) is 4.99 Å². The molecule has 3 aromatic carbocycles. The van der Waals surface area contributed by atoms with Crippen LogP contribution in [-0.4, -0.2) is 24.3 Å². The standard InChI is InChI=1S/C29H34N2/c1-4-25-10-6-7-11-28(25)26-14-12-24(13-15-26)20-27-18-23(3)29(19-22(27)2)30-21-31-16-8-5-9-17-31/h6-7,10-15,18-19,21H,4-5,8-9,16-17,20H2,1-3H3/b30-21+. The molecule has 2 heteroatoms. The maximum absolute atomic E-state index is 4.80. The average molecular weight is 411 g/mol. The number of rotatable bonds is 6. The number of piperidine rings is 1. The molecule has 0 aliphatic carbocycles. The van der Waals surface area contributed by atoms with Crippen molar-refractivity contribution in [1.82, 2.24) is 4.90 Å². The molecule has 2 nitrogen and oxygen atoms in total. The summed E-state index contributed by atoms with van der Waals surface area (Å²) in [4.78, 5) is 7.15. The molecule has 4 rings (SSSR count). The van der Waals surface area contributed by atoms with Crippen molar-refractivity contribution < 1.29 is 0 Å². The van der Waals surface area contributed by atoms with Crippen molar-refractivity contribution >= 4 is 12.0 Å². The van der Waals surface area contributed by atoms with E-state index >= 15 is 0 Å². The maximum atomic E-state index is 4.80. The second kappa shape index (κ2) is 9.96. The van der Waals surface area contributed by atoms with Crippen LogP contribution in [0, 0.1) is 13.8 Å². The third kappa shape index (κ3) is 5.25. The number of aliphatic imine (C=N–C) groups is 1. The van der Waals surface area contributed by atoms with Gasteiger partial charge in [-0.1, -0.05) is 61.5 Å². The Labute approximate surface area is 187 Å². The van der Waals surface area contributed by atoms with Crippen LogP contribution in [0.2, 0.25) is 0 Å². The molecule has 0 radical (unpaired) electrons. The molecule has 1 aliphatic rings. The number of nitrogens with zero attached hydrogens (tertiary/aromatic N) is 2. The second-order valence-corrected chi connectivity index (χ2v) is 8.79. The first-order valence-electron chi connectivity index (χ1n) is 11.7. The predicted molar refractivity (Wildman–Crippen MR) is 134 cm³/mol. The summed E-state index contributed by atoms with van der Waals surface area (Å²) < 4.78 is 0. The molecule has 0 unspecified atom stereocenters. The normalized spacial score (nSPS) is 14.4. The first kappa shape index (κ1) is 21.4. The fourth-order valence-corrected chi connectivity index (χ4v) is 4.50. The third-order valence-electron chi connectivity index (χ3n) is 6.46. The van der Waals surface area contributed by atoms with Gasteiger partial charge in [-0.25, -0.2) is 4.99 Å². The molecule has 0 bridgehead atoms. The Bertz CT molecular complexity index is 1040. The fraction of sp³-hybridized carbons (Fsp3) is 0.345. The lowest BCUT2D eigenvalue weighted by Crippen LogP contribution is -2.28. The molecular weight excluding hydrogens is 376 g/mol. The van der Waals surface area contributed by atoms with E-state index < -0.39 is 0 Å². The predicted octanol–water partition coefficient (Wildman–Crippen LogP) is 7.27. The molecule has 0 spiro atoms. The van der Waals surface area contributed by atoms with Crippen LogP contribution in [0.3, 0.4) is 0 Å². The van der Waals surface area contributed by atoms with Crippen LogP contribution in [0.4, 0.5) is 5.69 Å². The van der Waals surface area contributed by atoms with Crippen LogP contribution in [0.25, 0.3) is 11.1 Å². The van der Waals surface area contributed by atoms with Gasteiger partial charge in [-0.15, -0.1) is 0 Å². The maximum Gasteiger partial charge on any atom is 0.0912 e. The molecule has 1 aliphatic heterocycles. The van der Waals surface area contributed by atoms with Crippen LogP contribution < -0.4 is 0 Å². The summed E-state index contributed by atoms with van der Waals surface area (Å²) in [5.74, 6) is 0. The van der Waals surface area contributed by atoms with E-state index in [9.17, 15) is 0 Å². The summed E-state index contributed by atoms with van der Waals surface area (Å²) in [6.45, 7) is 8.88. The number of hydrogen-bond acceptors (Lipinski definition) is 1. The quantitative estimate of drug-likeness (QED) is 0.308. The summed E-state index contributed by atoms with van der Waals surface area (Å²) >= 11 is 0. The van der Waals surface area contributed by atoms with Crippen LogP contribution in [0.1, 0.15) is 54.0 Å². The summed E-state index contributed by atoms with van der Waals surface area (Å²) in [6, 6.07) is 22.4. The van der Waals surface area contributed by atoms with Gasteiger partial charge in [0.1, 0.15) is 0 Å². The van der Waals surface area contributed by atoms with Crippen molar-refractivity contribution in [2.24, 2.45) is 4.99 Å². The summed E-state index contributed by atoms with van der Waals surface area (Å²) in [5.41, 5.74) is 10.5. The lowest BCUT2D eigenvalue weighted by molar-refractivity contribution is 0.351. The molecule has 1 heterocycles. The van der Waals surface area contributed by atoms with Crippen LogP contribution >= 0.6 is 0 Å². The molecule has 3 aromatic rings. The first-order chi connectivity index (χ1) is 15.1. The van der Waals surface area contributed by atoms with Crippen molar-refractivity contribution in [3.63, 3.8) is 0 Å². The number of hydrogen-bond donors (Lipinski definition) is 0. The van der Waals surface area contributed by atoms with E-state index in [0.717, 1.165) is 31.6 Å². The lowest BCUT2D eigenvalue weighted by Gasteiger charge is -2.24. The van der Waals surface area contributed by atoms with Crippen molar-refractivity contribution in [2.75, 3.05) is 13.1 Å². The Hall–Kier alpha value is -2.87. The van der Waals surface area contributed by atoms with Crippen molar-refractivity contribution in [2.45, 2.75) is 52.9 Å². The SMILES string of the molecule is CCc1ccccc1-c1ccc(Cc2cc(C)c(/N=C/N3CCCCC3)cc2C)cc1. The minimum absolute atomic E-state index is 0.957. The summed E-state index contributed by atoms with van der Waals surface area (Å²) in [5, 5.41) is 0. The van der Waals surface area contributed by atoms with E-state index in [1.807, 2.05) is 6.34 Å². The molecule has 0 amide bonds. The largest absolute Gasteiger partial charge is 0.363 e. The van der Waals surface area contributed by atoms with Gasteiger partial charge in [0.15, 0.2) is 0 Å². The van der Waals surface area contributed by atoms with Crippen molar-refractivity contribution in [1.29, 1.82) is 0 Å². The molecule has 0 saturated carbocycles. The average Bonchev–Trinajstić information content (AvgIpc) is 2.81. The lowest BCUT2D eigenvalue weighted by atomic mass is 9.94. The minimum Gasteiger partial charge on any atom is -0.363 e. The Morgan fingerprint density at radius 1 is 0.839 bits per heavy atom. The number of aryl methyl sites for hydroxylation is 3. The highest BCUT2D eigenvalue weighted by molar-refractivity contribution is 5.68. The zero-order valence-corrected chi connectivity index (χ0v) is 19.2. The van der Waals surface area contributed by atoms with Gasteiger partial charge < -0.3 is 4.90 Å². The van der Waals surface area contributed by atoms with E-state index in [0.29, 0.717) is 0 Å². The number of likely N-dealkylation sites (tertiary alicyclic amines) is 1. The van der Waals surface area contributed by atoms with Crippen LogP contribution in [0.15, 0.2) is 65.7 Å². The van der Waals surface area contributed by atoms with E-state index in [1.54, 1.807) is 0 Å². The van der Waals surface area contributed by atoms with E-state index in [2.05, 4.69) is 86.3 Å². The highest BCUT2D eigenvalue weighted by atomic mass is 15.1. The van der Waals surface area contributed by atoms with Crippen LogP contribution in [0.5, 0.6) is 0 Å². The van der Waals surface area contributed by atoms with E-state index in [1.165, 1.54) is 58.2 Å². The first-order valence-corrected chi connectivity index (χ1v) is 11.7. The van der Waals surface area contributed by atoms with Gasteiger partial charge in [0, 0.05) is 13.1 Å². The van der Waals surface area contributed by atoms with Crippen molar-refractivity contribution in [3.05, 3.63) is 88.5 Å². The molecular formula is C29H34N2. The topological polar surface area (TPSA) is 15.6 Å². The molecule has 0 N–H and O–H groups in total. The Morgan fingerprint density at radius 3 is 2.32 bits per heavy atom. The zero-order valence-electron chi connectivity index (χ0n) is 19.2. The molecule has 0 atom stereocenters. The van der Waals surface area contributed by atoms with Gasteiger partial charge in [-0.3, -0.25) is 0 Å². The van der Waals surface area contributed by atoms with Gasteiger partial charge >= 0.3 is 0 Å².